The number of rotatable bonds is 7. The molecule has 0 spiro atoms. The lowest BCUT2D eigenvalue weighted by Gasteiger charge is -2.09. The van der Waals surface area contributed by atoms with E-state index in [0.717, 1.165) is 26.7 Å². The van der Waals surface area contributed by atoms with Gasteiger partial charge in [-0.2, -0.15) is 5.10 Å². The van der Waals surface area contributed by atoms with Gasteiger partial charge in [0.05, 0.1) is 6.20 Å². The quantitative estimate of drug-likeness (QED) is 0.424. The standard InChI is InChI=1S/C21H19BrN2O3/c1-15-9-17(11-22)7-8-19(15)20(25)13-24-21(26)10-18(12-23-24)27-14-16-5-3-2-4-6-16/h2-10,12H,11,13-14H2,1H3. The summed E-state index contributed by atoms with van der Waals surface area (Å²) in [4.78, 5) is 24.8. The first kappa shape index (κ1) is 19.0. The highest BCUT2D eigenvalue weighted by atomic mass is 79.9. The molecule has 0 bridgehead atoms. The van der Waals surface area contributed by atoms with E-state index in [1.54, 1.807) is 6.07 Å². The molecule has 6 heteroatoms. The van der Waals surface area contributed by atoms with E-state index in [4.69, 9.17) is 4.74 Å². The molecule has 0 N–H and O–H groups in total. The van der Waals surface area contributed by atoms with Gasteiger partial charge < -0.3 is 4.74 Å². The largest absolute Gasteiger partial charge is 0.487 e. The fourth-order valence-electron chi connectivity index (χ4n) is 2.70. The molecule has 1 heterocycles. The fraction of sp³-hybridized carbons (Fsp3) is 0.190. The number of Topliss-reactive ketones (excluding diaryl/α,β-unsaturated/α-hetero) is 1. The number of alkyl halides is 1. The Morgan fingerprint density at radius 2 is 1.89 bits per heavy atom. The highest BCUT2D eigenvalue weighted by Crippen LogP contribution is 2.15. The Balaban J connectivity index is 1.69. The van der Waals surface area contributed by atoms with E-state index in [-0.39, 0.29) is 17.9 Å². The van der Waals surface area contributed by atoms with Gasteiger partial charge in [0.2, 0.25) is 0 Å². The van der Waals surface area contributed by atoms with Crippen LogP contribution in [0.4, 0.5) is 0 Å². The minimum atomic E-state index is -0.372. The third-order valence-electron chi connectivity index (χ3n) is 4.13. The molecule has 0 unspecified atom stereocenters. The molecule has 2 aromatic carbocycles. The number of benzene rings is 2. The molecule has 0 radical (unpaired) electrons. The van der Waals surface area contributed by atoms with E-state index in [1.807, 2.05) is 49.4 Å². The first-order valence-corrected chi connectivity index (χ1v) is 9.61. The van der Waals surface area contributed by atoms with Crippen LogP contribution in [0.2, 0.25) is 0 Å². The summed E-state index contributed by atoms with van der Waals surface area (Å²) in [5.41, 5.74) is 3.20. The molecule has 0 fully saturated rings. The summed E-state index contributed by atoms with van der Waals surface area (Å²) in [6, 6.07) is 16.6. The zero-order valence-corrected chi connectivity index (χ0v) is 16.5. The maximum atomic E-state index is 12.5. The number of aryl methyl sites for hydroxylation is 1. The van der Waals surface area contributed by atoms with Crippen LogP contribution in [0.1, 0.15) is 27.0 Å². The first-order valence-electron chi connectivity index (χ1n) is 8.49. The highest BCUT2D eigenvalue weighted by molar-refractivity contribution is 9.08. The molecule has 0 atom stereocenters. The first-order chi connectivity index (χ1) is 13.1. The Morgan fingerprint density at radius 1 is 1.11 bits per heavy atom. The summed E-state index contributed by atoms with van der Waals surface area (Å²) in [6.07, 6.45) is 1.46. The number of carbonyl (C=O) groups excluding carboxylic acids is 1. The van der Waals surface area contributed by atoms with E-state index < -0.39 is 0 Å². The van der Waals surface area contributed by atoms with Crippen LogP contribution in [0.5, 0.6) is 5.75 Å². The van der Waals surface area contributed by atoms with E-state index in [2.05, 4.69) is 21.0 Å². The summed E-state index contributed by atoms with van der Waals surface area (Å²) in [5.74, 6) is 0.228. The number of ketones is 1. The van der Waals surface area contributed by atoms with Gasteiger partial charge in [-0.05, 0) is 23.6 Å². The van der Waals surface area contributed by atoms with Gasteiger partial charge >= 0.3 is 0 Å². The van der Waals surface area contributed by atoms with Crippen molar-refractivity contribution in [2.24, 2.45) is 0 Å². The minimum Gasteiger partial charge on any atom is -0.487 e. The molecule has 138 valence electrons. The smallest absolute Gasteiger partial charge is 0.270 e. The number of nitrogens with zero attached hydrogens (tertiary/aromatic N) is 2. The van der Waals surface area contributed by atoms with Crippen molar-refractivity contribution in [1.82, 2.24) is 9.78 Å². The van der Waals surface area contributed by atoms with Crippen LogP contribution in [0.3, 0.4) is 0 Å². The van der Waals surface area contributed by atoms with Gasteiger partial charge in [0.1, 0.15) is 18.9 Å². The molecular weight excluding hydrogens is 408 g/mol. The molecule has 0 saturated heterocycles. The summed E-state index contributed by atoms with van der Waals surface area (Å²) in [5, 5.41) is 4.80. The zero-order chi connectivity index (χ0) is 19.2. The molecule has 0 aliphatic rings. The molecule has 5 nitrogen and oxygen atoms in total. The predicted molar refractivity (Wildman–Crippen MR) is 107 cm³/mol. The Morgan fingerprint density at radius 3 is 2.56 bits per heavy atom. The van der Waals surface area contributed by atoms with Crippen LogP contribution < -0.4 is 10.3 Å². The predicted octanol–water partition coefficient (Wildman–Crippen LogP) is 3.91. The lowest BCUT2D eigenvalue weighted by atomic mass is 10.0. The third-order valence-corrected chi connectivity index (χ3v) is 4.78. The van der Waals surface area contributed by atoms with Crippen molar-refractivity contribution in [2.75, 3.05) is 0 Å². The average Bonchev–Trinajstić information content (AvgIpc) is 2.68. The Hall–Kier alpha value is -2.73. The monoisotopic (exact) mass is 426 g/mol. The second-order valence-corrected chi connectivity index (χ2v) is 6.73. The zero-order valence-electron chi connectivity index (χ0n) is 14.9. The van der Waals surface area contributed by atoms with Gasteiger partial charge in [0.15, 0.2) is 5.78 Å². The van der Waals surface area contributed by atoms with Gasteiger partial charge in [0.25, 0.3) is 5.56 Å². The SMILES string of the molecule is Cc1cc(CBr)ccc1C(=O)Cn1ncc(OCc2ccccc2)cc1=O. The van der Waals surface area contributed by atoms with Crippen molar-refractivity contribution in [3.05, 3.63) is 93.4 Å². The van der Waals surface area contributed by atoms with Crippen LogP contribution >= 0.6 is 15.9 Å². The van der Waals surface area contributed by atoms with Crippen molar-refractivity contribution >= 4 is 21.7 Å². The molecule has 1 aromatic heterocycles. The van der Waals surface area contributed by atoms with Crippen molar-refractivity contribution in [2.45, 2.75) is 25.4 Å². The van der Waals surface area contributed by atoms with Crippen LogP contribution in [0.25, 0.3) is 0 Å². The van der Waals surface area contributed by atoms with E-state index in [1.165, 1.54) is 12.3 Å². The number of aromatic nitrogens is 2. The Bertz CT molecular complexity index is 1000. The normalized spacial score (nSPS) is 10.6. The maximum Gasteiger partial charge on any atom is 0.270 e. The average molecular weight is 427 g/mol. The minimum absolute atomic E-state index is 0.105. The van der Waals surface area contributed by atoms with Crippen LogP contribution in [0, 0.1) is 6.92 Å². The summed E-state index contributed by atoms with van der Waals surface area (Å²) < 4.78 is 6.75. The van der Waals surface area contributed by atoms with E-state index >= 15 is 0 Å². The van der Waals surface area contributed by atoms with Gasteiger partial charge in [0, 0.05) is 17.0 Å². The van der Waals surface area contributed by atoms with Gasteiger partial charge in [-0.1, -0.05) is 64.5 Å². The lowest BCUT2D eigenvalue weighted by Crippen LogP contribution is -2.26. The Labute approximate surface area is 165 Å². The molecule has 0 saturated carbocycles. The number of ether oxygens (including phenoxy) is 1. The number of hydrogen-bond donors (Lipinski definition) is 0. The number of carbonyl (C=O) groups is 1. The van der Waals surface area contributed by atoms with Crippen LogP contribution in [-0.2, 0) is 18.5 Å². The number of hydrogen-bond acceptors (Lipinski definition) is 4. The van der Waals surface area contributed by atoms with Crippen molar-refractivity contribution in [3.8, 4) is 5.75 Å². The van der Waals surface area contributed by atoms with E-state index in [0.29, 0.717) is 17.9 Å². The molecule has 27 heavy (non-hydrogen) atoms. The molecule has 0 aliphatic carbocycles. The highest BCUT2D eigenvalue weighted by Gasteiger charge is 2.12. The van der Waals surface area contributed by atoms with Crippen molar-refractivity contribution in [3.63, 3.8) is 0 Å². The van der Waals surface area contributed by atoms with Crippen LogP contribution in [0.15, 0.2) is 65.6 Å². The maximum absolute atomic E-state index is 12.5. The second kappa shape index (κ2) is 8.77. The van der Waals surface area contributed by atoms with Crippen molar-refractivity contribution < 1.29 is 9.53 Å². The third kappa shape index (κ3) is 4.92. The van der Waals surface area contributed by atoms with Crippen LogP contribution in [-0.4, -0.2) is 15.6 Å². The molecule has 3 aromatic rings. The molecule has 0 amide bonds. The fourth-order valence-corrected chi connectivity index (χ4v) is 3.05. The molecule has 0 aliphatic heterocycles. The lowest BCUT2D eigenvalue weighted by molar-refractivity contribution is 0.0964. The molecular formula is C21H19BrN2O3. The summed E-state index contributed by atoms with van der Waals surface area (Å²) >= 11 is 3.40. The topological polar surface area (TPSA) is 61.2 Å². The molecule has 3 rings (SSSR count). The van der Waals surface area contributed by atoms with Gasteiger partial charge in [-0.15, -0.1) is 0 Å². The Kier molecular flexibility index (Phi) is 6.19. The number of halogens is 1. The second-order valence-electron chi connectivity index (χ2n) is 6.17. The van der Waals surface area contributed by atoms with E-state index in [9.17, 15) is 9.59 Å². The van der Waals surface area contributed by atoms with Crippen molar-refractivity contribution in [1.29, 1.82) is 0 Å². The van der Waals surface area contributed by atoms with Gasteiger partial charge in [-0.25, -0.2) is 4.68 Å². The summed E-state index contributed by atoms with van der Waals surface area (Å²) in [6.45, 7) is 2.13. The summed E-state index contributed by atoms with van der Waals surface area (Å²) in [7, 11) is 0. The van der Waals surface area contributed by atoms with Gasteiger partial charge in [-0.3, -0.25) is 9.59 Å².